The summed E-state index contributed by atoms with van der Waals surface area (Å²) in [6.07, 6.45) is 2.91. The number of carbonyl (C=O) groups is 2. The van der Waals surface area contributed by atoms with Gasteiger partial charge in [0.2, 0.25) is 5.91 Å². The number of rotatable bonds is 3. The van der Waals surface area contributed by atoms with Crippen molar-refractivity contribution in [2.75, 3.05) is 26.2 Å². The maximum atomic E-state index is 13.5. The molecule has 0 radical (unpaired) electrons. The molecule has 2 amide bonds. The van der Waals surface area contributed by atoms with E-state index >= 15 is 0 Å². The maximum absolute atomic E-state index is 13.5. The first-order valence-corrected chi connectivity index (χ1v) is 14.6. The SMILES string of the molecule is O=C(c1ccc2cc(-c3ccccc3)ccc2c1)N1C[C@@H]2[C@H](C1)[C@H]1CN(C(=O)C3CCC4NNNC4C3)C[C@@H]21. The van der Waals surface area contributed by atoms with Crippen molar-refractivity contribution in [3.8, 4) is 11.1 Å². The van der Waals surface area contributed by atoms with Gasteiger partial charge >= 0.3 is 0 Å². The Morgan fingerprint density at radius 1 is 0.667 bits per heavy atom. The first-order valence-electron chi connectivity index (χ1n) is 14.6. The van der Waals surface area contributed by atoms with Gasteiger partial charge in [0.1, 0.15) is 0 Å². The predicted octanol–water partition coefficient (Wildman–Crippen LogP) is 3.43. The van der Waals surface area contributed by atoms with Gasteiger partial charge in [-0.1, -0.05) is 48.5 Å². The van der Waals surface area contributed by atoms with E-state index in [0.29, 0.717) is 41.7 Å². The molecule has 7 heteroatoms. The predicted molar refractivity (Wildman–Crippen MR) is 150 cm³/mol. The van der Waals surface area contributed by atoms with Crippen molar-refractivity contribution in [3.05, 3.63) is 72.3 Å². The summed E-state index contributed by atoms with van der Waals surface area (Å²) >= 11 is 0. The van der Waals surface area contributed by atoms with Crippen molar-refractivity contribution >= 4 is 22.6 Å². The van der Waals surface area contributed by atoms with Gasteiger partial charge in [-0.15, -0.1) is 0 Å². The van der Waals surface area contributed by atoms with E-state index in [9.17, 15) is 9.59 Å². The third-order valence-electron chi connectivity index (χ3n) is 10.4. The Labute approximate surface area is 228 Å². The second kappa shape index (κ2) is 9.15. The molecule has 3 aliphatic heterocycles. The van der Waals surface area contributed by atoms with Gasteiger partial charge in [-0.25, -0.2) is 10.9 Å². The van der Waals surface area contributed by atoms with Crippen LogP contribution in [0.4, 0.5) is 0 Å². The molecule has 3 unspecified atom stereocenters. The molecule has 0 bridgehead atoms. The van der Waals surface area contributed by atoms with Gasteiger partial charge in [-0.2, -0.15) is 5.53 Å². The Bertz CT molecular complexity index is 1420. The Morgan fingerprint density at radius 3 is 2.10 bits per heavy atom. The van der Waals surface area contributed by atoms with E-state index < -0.39 is 0 Å². The number of likely N-dealkylation sites (tertiary alicyclic amines) is 2. The largest absolute Gasteiger partial charge is 0.342 e. The molecule has 5 aliphatic rings. The van der Waals surface area contributed by atoms with Crippen LogP contribution in [0.2, 0.25) is 0 Å². The minimum absolute atomic E-state index is 0.132. The molecular weight excluding hydrogens is 486 g/mol. The second-order valence-electron chi connectivity index (χ2n) is 12.4. The molecular formula is C32H35N5O2. The van der Waals surface area contributed by atoms with Crippen LogP contribution in [0.3, 0.4) is 0 Å². The summed E-state index contributed by atoms with van der Waals surface area (Å²) in [6.45, 7) is 3.40. The average Bonchev–Trinajstić information content (AvgIpc) is 3.71. The van der Waals surface area contributed by atoms with Crippen molar-refractivity contribution in [3.63, 3.8) is 0 Å². The van der Waals surface area contributed by atoms with Gasteiger partial charge in [0, 0.05) is 49.7 Å². The lowest BCUT2D eigenvalue weighted by molar-refractivity contribution is -0.136. The van der Waals surface area contributed by atoms with Crippen molar-refractivity contribution in [1.82, 2.24) is 26.2 Å². The lowest BCUT2D eigenvalue weighted by Crippen LogP contribution is -2.45. The summed E-state index contributed by atoms with van der Waals surface area (Å²) in [5.41, 5.74) is 12.7. The molecule has 3 aromatic carbocycles. The summed E-state index contributed by atoms with van der Waals surface area (Å²) < 4.78 is 0. The highest BCUT2D eigenvalue weighted by Gasteiger charge is 2.59. The minimum Gasteiger partial charge on any atom is -0.342 e. The fraction of sp³-hybridized carbons (Fsp3) is 0.438. The number of carbonyl (C=O) groups excluding carboxylic acids is 2. The summed E-state index contributed by atoms with van der Waals surface area (Å²) in [6, 6.07) is 23.7. The van der Waals surface area contributed by atoms with Crippen LogP contribution < -0.4 is 16.4 Å². The molecule has 7 atom stereocenters. The topological polar surface area (TPSA) is 76.7 Å². The van der Waals surface area contributed by atoms with Crippen molar-refractivity contribution < 1.29 is 9.59 Å². The lowest BCUT2D eigenvalue weighted by Gasteiger charge is -2.42. The Balaban J connectivity index is 0.915. The van der Waals surface area contributed by atoms with E-state index in [1.54, 1.807) is 0 Å². The van der Waals surface area contributed by atoms with Crippen LogP contribution in [-0.2, 0) is 4.79 Å². The number of benzene rings is 3. The highest BCUT2D eigenvalue weighted by Crippen LogP contribution is 2.54. The number of fused-ring (bicyclic) bond motifs is 6. The monoisotopic (exact) mass is 521 g/mol. The number of nitrogens with one attached hydrogen (secondary N) is 3. The van der Waals surface area contributed by atoms with Crippen LogP contribution in [0.1, 0.15) is 29.6 Å². The fourth-order valence-electron chi connectivity index (χ4n) is 8.30. The zero-order chi connectivity index (χ0) is 26.1. The third kappa shape index (κ3) is 3.90. The van der Waals surface area contributed by atoms with Crippen molar-refractivity contribution in [2.45, 2.75) is 31.3 Å². The average molecular weight is 522 g/mol. The highest BCUT2D eigenvalue weighted by molar-refractivity contribution is 5.99. The molecule has 2 aliphatic carbocycles. The van der Waals surface area contributed by atoms with Crippen LogP contribution in [0.15, 0.2) is 66.7 Å². The second-order valence-corrected chi connectivity index (χ2v) is 12.4. The Kier molecular flexibility index (Phi) is 5.54. The normalized spacial score (nSPS) is 33.0. The lowest BCUT2D eigenvalue weighted by atomic mass is 9.60. The van der Waals surface area contributed by atoms with Crippen LogP contribution >= 0.6 is 0 Å². The van der Waals surface area contributed by atoms with E-state index in [4.69, 9.17) is 0 Å². The highest BCUT2D eigenvalue weighted by atomic mass is 16.2. The van der Waals surface area contributed by atoms with Crippen LogP contribution in [-0.4, -0.2) is 59.9 Å². The molecule has 2 saturated carbocycles. The number of hydrazine groups is 2. The molecule has 3 saturated heterocycles. The van der Waals surface area contributed by atoms with E-state index in [0.717, 1.165) is 61.8 Å². The summed E-state index contributed by atoms with van der Waals surface area (Å²) in [5, 5.41) is 2.25. The number of amides is 2. The smallest absolute Gasteiger partial charge is 0.253 e. The first-order chi connectivity index (χ1) is 19.1. The van der Waals surface area contributed by atoms with Crippen LogP contribution in [0.25, 0.3) is 21.9 Å². The first kappa shape index (κ1) is 23.6. The van der Waals surface area contributed by atoms with E-state index in [-0.39, 0.29) is 11.8 Å². The Hall–Kier alpha value is -3.26. The van der Waals surface area contributed by atoms with E-state index in [1.165, 1.54) is 11.1 Å². The minimum atomic E-state index is 0.132. The summed E-state index contributed by atoms with van der Waals surface area (Å²) in [5.74, 6) is 2.80. The summed E-state index contributed by atoms with van der Waals surface area (Å²) in [7, 11) is 0. The number of hydrogen-bond donors (Lipinski definition) is 3. The van der Waals surface area contributed by atoms with Gasteiger partial charge in [0.25, 0.3) is 5.91 Å². The van der Waals surface area contributed by atoms with Gasteiger partial charge in [0.05, 0.1) is 0 Å². The number of nitrogens with zero attached hydrogens (tertiary/aromatic N) is 2. The van der Waals surface area contributed by atoms with Crippen molar-refractivity contribution in [2.24, 2.45) is 29.6 Å². The molecule has 3 N–H and O–H groups in total. The summed E-state index contributed by atoms with van der Waals surface area (Å²) in [4.78, 5) is 31.2. The van der Waals surface area contributed by atoms with Gasteiger partial charge in [-0.3, -0.25) is 9.59 Å². The molecule has 8 rings (SSSR count). The standard InChI is InChI=1S/C32H35N5O2/c38-31(23-9-8-21-12-20(6-7-22(21)13-23)19-4-2-1-3-5-19)36-15-25-26(16-36)28-18-37(17-27(25)28)32(39)24-10-11-29-30(14-24)34-35-33-29/h1-9,12-13,24-30,33-35H,10-11,14-18H2/t24?,25-,26+,27+,28-,29?,30?. The molecule has 200 valence electrons. The molecule has 0 spiro atoms. The van der Waals surface area contributed by atoms with Crippen LogP contribution in [0.5, 0.6) is 0 Å². The molecule has 5 fully saturated rings. The molecule has 3 heterocycles. The third-order valence-corrected chi connectivity index (χ3v) is 10.4. The van der Waals surface area contributed by atoms with Crippen LogP contribution in [0, 0.1) is 29.6 Å². The molecule has 39 heavy (non-hydrogen) atoms. The zero-order valence-electron chi connectivity index (χ0n) is 22.1. The fourth-order valence-corrected chi connectivity index (χ4v) is 8.30. The molecule has 0 aromatic heterocycles. The van der Waals surface area contributed by atoms with Gasteiger partial charge in [0.15, 0.2) is 0 Å². The van der Waals surface area contributed by atoms with E-state index in [1.807, 2.05) is 18.2 Å². The molecule has 7 nitrogen and oxygen atoms in total. The van der Waals surface area contributed by atoms with Gasteiger partial charge in [-0.05, 0) is 83.0 Å². The molecule has 3 aromatic rings. The van der Waals surface area contributed by atoms with Crippen molar-refractivity contribution in [1.29, 1.82) is 0 Å². The van der Waals surface area contributed by atoms with E-state index in [2.05, 4.69) is 74.7 Å². The van der Waals surface area contributed by atoms with Gasteiger partial charge < -0.3 is 9.80 Å². The quantitative estimate of drug-likeness (QED) is 0.493. The number of hydrogen-bond acceptors (Lipinski definition) is 5. The maximum Gasteiger partial charge on any atom is 0.253 e. The zero-order valence-corrected chi connectivity index (χ0v) is 22.1. The Morgan fingerprint density at radius 2 is 1.33 bits per heavy atom.